The first-order valence-corrected chi connectivity index (χ1v) is 6.37. The molecular formula is C13H18N2O4. The first-order valence-electron chi connectivity index (χ1n) is 6.37. The average Bonchev–Trinajstić information content (AvgIpc) is 2.46. The number of nitrogens with zero attached hydrogens (tertiary/aromatic N) is 2. The molecule has 0 atom stereocenters. The SMILES string of the molecule is O=C(O)c1ccnc(N2CCC(OCCO)CC2)c1. The number of aromatic carboxylic acids is 1. The number of piperidine rings is 1. The fourth-order valence-electron chi connectivity index (χ4n) is 2.20. The van der Waals surface area contributed by atoms with E-state index < -0.39 is 5.97 Å². The van der Waals surface area contributed by atoms with Crippen molar-refractivity contribution in [3.8, 4) is 0 Å². The van der Waals surface area contributed by atoms with Crippen molar-refractivity contribution < 1.29 is 19.7 Å². The van der Waals surface area contributed by atoms with Crippen LogP contribution in [0, 0.1) is 0 Å². The lowest BCUT2D eigenvalue weighted by Crippen LogP contribution is -2.37. The van der Waals surface area contributed by atoms with E-state index in [9.17, 15) is 4.79 Å². The Balaban J connectivity index is 1.94. The van der Waals surface area contributed by atoms with Crippen LogP contribution in [-0.2, 0) is 4.74 Å². The molecule has 6 nitrogen and oxygen atoms in total. The van der Waals surface area contributed by atoms with Gasteiger partial charge in [-0.15, -0.1) is 0 Å². The quantitative estimate of drug-likeness (QED) is 0.818. The zero-order valence-corrected chi connectivity index (χ0v) is 10.7. The van der Waals surface area contributed by atoms with Crippen molar-refractivity contribution in [3.63, 3.8) is 0 Å². The Morgan fingerprint density at radius 3 is 2.84 bits per heavy atom. The summed E-state index contributed by atoms with van der Waals surface area (Å²) in [4.78, 5) is 17.2. The molecule has 0 radical (unpaired) electrons. The molecule has 0 spiro atoms. The molecule has 0 saturated carbocycles. The molecule has 104 valence electrons. The molecule has 2 heterocycles. The van der Waals surface area contributed by atoms with Gasteiger partial charge in [0.15, 0.2) is 0 Å². The number of carboxylic acids is 1. The molecule has 2 N–H and O–H groups in total. The third kappa shape index (κ3) is 3.65. The zero-order valence-electron chi connectivity index (χ0n) is 10.7. The van der Waals surface area contributed by atoms with Crippen LogP contribution in [0.15, 0.2) is 18.3 Å². The number of aromatic nitrogens is 1. The Bertz CT molecular complexity index is 430. The molecule has 1 fully saturated rings. The molecule has 2 rings (SSSR count). The number of carbonyl (C=O) groups is 1. The average molecular weight is 266 g/mol. The van der Waals surface area contributed by atoms with Gasteiger partial charge in [0.05, 0.1) is 24.9 Å². The molecule has 0 aliphatic carbocycles. The molecule has 0 amide bonds. The molecule has 19 heavy (non-hydrogen) atoms. The van der Waals surface area contributed by atoms with Crippen molar-refractivity contribution >= 4 is 11.8 Å². The minimum Gasteiger partial charge on any atom is -0.478 e. The molecule has 0 aromatic carbocycles. The highest BCUT2D eigenvalue weighted by molar-refractivity contribution is 5.88. The van der Waals surface area contributed by atoms with Crippen molar-refractivity contribution in [2.75, 3.05) is 31.2 Å². The summed E-state index contributed by atoms with van der Waals surface area (Å²) >= 11 is 0. The number of hydrogen-bond acceptors (Lipinski definition) is 5. The second-order valence-corrected chi connectivity index (χ2v) is 4.49. The maximum absolute atomic E-state index is 10.9. The van der Waals surface area contributed by atoms with E-state index in [-0.39, 0.29) is 18.3 Å². The van der Waals surface area contributed by atoms with Crippen LogP contribution < -0.4 is 4.90 Å². The third-order valence-corrected chi connectivity index (χ3v) is 3.20. The van der Waals surface area contributed by atoms with Crippen molar-refractivity contribution in [2.24, 2.45) is 0 Å². The fourth-order valence-corrected chi connectivity index (χ4v) is 2.20. The first-order chi connectivity index (χ1) is 9.20. The van der Waals surface area contributed by atoms with Gasteiger partial charge in [0.25, 0.3) is 0 Å². The van der Waals surface area contributed by atoms with Crippen LogP contribution in [0.4, 0.5) is 5.82 Å². The predicted octanol–water partition coefficient (Wildman–Crippen LogP) is 0.757. The van der Waals surface area contributed by atoms with Gasteiger partial charge >= 0.3 is 5.97 Å². The van der Waals surface area contributed by atoms with Gasteiger partial charge in [0, 0.05) is 19.3 Å². The Labute approximate surface area is 111 Å². The monoisotopic (exact) mass is 266 g/mol. The summed E-state index contributed by atoms with van der Waals surface area (Å²) in [5.41, 5.74) is 0.253. The van der Waals surface area contributed by atoms with Crippen LogP contribution in [0.25, 0.3) is 0 Å². The van der Waals surface area contributed by atoms with E-state index in [4.69, 9.17) is 14.9 Å². The highest BCUT2D eigenvalue weighted by Crippen LogP contribution is 2.20. The summed E-state index contributed by atoms with van der Waals surface area (Å²) in [6.07, 6.45) is 3.41. The van der Waals surface area contributed by atoms with E-state index in [1.165, 1.54) is 12.3 Å². The van der Waals surface area contributed by atoms with Crippen LogP contribution in [0.3, 0.4) is 0 Å². The van der Waals surface area contributed by atoms with E-state index in [1.807, 2.05) is 0 Å². The van der Waals surface area contributed by atoms with Gasteiger partial charge in [-0.3, -0.25) is 0 Å². The molecule has 1 aromatic heterocycles. The van der Waals surface area contributed by atoms with Crippen molar-refractivity contribution in [1.82, 2.24) is 4.98 Å². The van der Waals surface area contributed by atoms with E-state index >= 15 is 0 Å². The number of hydrogen-bond donors (Lipinski definition) is 2. The smallest absolute Gasteiger partial charge is 0.335 e. The Morgan fingerprint density at radius 1 is 1.47 bits per heavy atom. The second kappa shape index (κ2) is 6.49. The maximum atomic E-state index is 10.9. The van der Waals surface area contributed by atoms with Crippen LogP contribution in [0.2, 0.25) is 0 Å². The van der Waals surface area contributed by atoms with E-state index in [0.717, 1.165) is 25.9 Å². The van der Waals surface area contributed by atoms with Gasteiger partial charge in [-0.25, -0.2) is 9.78 Å². The Hall–Kier alpha value is -1.66. The minimum atomic E-state index is -0.940. The molecule has 1 aliphatic heterocycles. The maximum Gasteiger partial charge on any atom is 0.335 e. The number of anilines is 1. The van der Waals surface area contributed by atoms with Crippen LogP contribution in [0.1, 0.15) is 23.2 Å². The number of carboxylic acid groups (broad SMARTS) is 1. The highest BCUT2D eigenvalue weighted by Gasteiger charge is 2.21. The van der Waals surface area contributed by atoms with Gasteiger partial charge in [0.1, 0.15) is 5.82 Å². The molecule has 6 heteroatoms. The Kier molecular flexibility index (Phi) is 4.70. The predicted molar refractivity (Wildman–Crippen MR) is 69.5 cm³/mol. The summed E-state index contributed by atoms with van der Waals surface area (Å²) in [5.74, 6) is -0.245. The third-order valence-electron chi connectivity index (χ3n) is 3.20. The lowest BCUT2D eigenvalue weighted by atomic mass is 10.1. The summed E-state index contributed by atoms with van der Waals surface area (Å²) in [5, 5.41) is 17.7. The largest absolute Gasteiger partial charge is 0.478 e. The topological polar surface area (TPSA) is 82.9 Å². The number of rotatable bonds is 5. The molecule has 1 aliphatic rings. The summed E-state index contributed by atoms with van der Waals surface area (Å²) in [6, 6.07) is 3.08. The summed E-state index contributed by atoms with van der Waals surface area (Å²) in [7, 11) is 0. The normalized spacial score (nSPS) is 16.6. The van der Waals surface area contributed by atoms with Crippen molar-refractivity contribution in [1.29, 1.82) is 0 Å². The van der Waals surface area contributed by atoms with Gasteiger partial charge in [-0.1, -0.05) is 0 Å². The summed E-state index contributed by atoms with van der Waals surface area (Å²) in [6.45, 7) is 1.98. The van der Waals surface area contributed by atoms with E-state index in [1.54, 1.807) is 6.07 Å². The highest BCUT2D eigenvalue weighted by atomic mass is 16.5. The van der Waals surface area contributed by atoms with E-state index in [2.05, 4.69) is 9.88 Å². The van der Waals surface area contributed by atoms with Gasteiger partial charge in [-0.2, -0.15) is 0 Å². The molecule has 0 unspecified atom stereocenters. The molecule has 1 saturated heterocycles. The molecular weight excluding hydrogens is 248 g/mol. The minimum absolute atomic E-state index is 0.0441. The number of aliphatic hydroxyl groups is 1. The van der Waals surface area contributed by atoms with Crippen LogP contribution >= 0.6 is 0 Å². The standard InChI is InChI=1S/C13H18N2O4/c16-7-8-19-11-2-5-15(6-3-11)12-9-10(13(17)18)1-4-14-12/h1,4,9,11,16H,2-3,5-8H2,(H,17,18). The first kappa shape index (κ1) is 13.8. The van der Waals surface area contributed by atoms with Gasteiger partial charge in [0.2, 0.25) is 0 Å². The summed E-state index contributed by atoms with van der Waals surface area (Å²) < 4.78 is 5.49. The van der Waals surface area contributed by atoms with Crippen molar-refractivity contribution in [2.45, 2.75) is 18.9 Å². The number of ether oxygens (including phenoxy) is 1. The van der Waals surface area contributed by atoms with Crippen LogP contribution in [-0.4, -0.2) is 53.6 Å². The fraction of sp³-hybridized carbons (Fsp3) is 0.538. The lowest BCUT2D eigenvalue weighted by Gasteiger charge is -2.32. The van der Waals surface area contributed by atoms with E-state index in [0.29, 0.717) is 12.4 Å². The molecule has 1 aromatic rings. The second-order valence-electron chi connectivity index (χ2n) is 4.49. The number of pyridine rings is 1. The Morgan fingerprint density at radius 2 is 2.21 bits per heavy atom. The van der Waals surface area contributed by atoms with Crippen molar-refractivity contribution in [3.05, 3.63) is 23.9 Å². The lowest BCUT2D eigenvalue weighted by molar-refractivity contribution is 0.0158. The number of aliphatic hydroxyl groups excluding tert-OH is 1. The molecule has 0 bridgehead atoms. The van der Waals surface area contributed by atoms with Crippen LogP contribution in [0.5, 0.6) is 0 Å². The van der Waals surface area contributed by atoms with Gasteiger partial charge < -0.3 is 19.8 Å². The zero-order chi connectivity index (χ0) is 13.7. The van der Waals surface area contributed by atoms with Gasteiger partial charge in [-0.05, 0) is 25.0 Å².